The Morgan fingerprint density at radius 2 is 1.93 bits per heavy atom. The van der Waals surface area contributed by atoms with E-state index in [-0.39, 0.29) is 24.0 Å². The van der Waals surface area contributed by atoms with Crippen molar-refractivity contribution in [1.82, 2.24) is 20.6 Å². The van der Waals surface area contributed by atoms with Crippen LogP contribution >= 0.6 is 15.9 Å². The molecule has 8 heteroatoms. The van der Waals surface area contributed by atoms with Gasteiger partial charge in [-0.25, -0.2) is 14.2 Å². The number of imidazole rings is 1. The van der Waals surface area contributed by atoms with Crippen LogP contribution < -0.4 is 10.6 Å². The molecular weight excluding hydrogens is 451 g/mol. The number of carbonyl (C=O) groups is 1. The lowest BCUT2D eigenvalue weighted by Gasteiger charge is -2.27. The van der Waals surface area contributed by atoms with Gasteiger partial charge < -0.3 is 20.7 Å². The molecule has 2 aromatic carbocycles. The van der Waals surface area contributed by atoms with Crippen LogP contribution in [0.15, 0.2) is 46.9 Å². The van der Waals surface area contributed by atoms with Gasteiger partial charge in [-0.05, 0) is 68.0 Å². The number of urea groups is 1. The second-order valence-electron chi connectivity index (χ2n) is 7.79. The molecule has 1 aromatic heterocycles. The molecule has 30 heavy (non-hydrogen) atoms. The number of hydrogen-bond donors (Lipinski definition) is 4. The second-order valence-corrected chi connectivity index (χ2v) is 8.71. The van der Waals surface area contributed by atoms with E-state index in [1.54, 1.807) is 6.07 Å². The van der Waals surface area contributed by atoms with E-state index in [0.29, 0.717) is 36.1 Å². The van der Waals surface area contributed by atoms with Crippen LogP contribution in [0.3, 0.4) is 0 Å². The van der Waals surface area contributed by atoms with Gasteiger partial charge in [0.1, 0.15) is 11.6 Å². The van der Waals surface area contributed by atoms with Crippen LogP contribution in [0.25, 0.3) is 11.0 Å². The summed E-state index contributed by atoms with van der Waals surface area (Å²) in [5.74, 6) is 0.236. The number of rotatable bonds is 5. The summed E-state index contributed by atoms with van der Waals surface area (Å²) in [5, 5.41) is 15.7. The van der Waals surface area contributed by atoms with Gasteiger partial charge in [0, 0.05) is 10.5 Å². The fraction of sp³-hybridized carbons (Fsp3) is 0.364. The zero-order valence-electron chi connectivity index (χ0n) is 16.4. The van der Waals surface area contributed by atoms with E-state index in [2.05, 4.69) is 36.5 Å². The van der Waals surface area contributed by atoms with Crippen LogP contribution in [-0.2, 0) is 6.42 Å². The number of aliphatic hydroxyl groups excluding tert-OH is 1. The quantitative estimate of drug-likeness (QED) is 0.442. The number of aliphatic hydroxyl groups is 1. The van der Waals surface area contributed by atoms with E-state index in [9.17, 15) is 14.3 Å². The van der Waals surface area contributed by atoms with Gasteiger partial charge in [-0.1, -0.05) is 28.1 Å². The van der Waals surface area contributed by atoms with Gasteiger partial charge in [-0.3, -0.25) is 0 Å². The standard InChI is InChI=1S/C22H24BrFN4O2/c23-14-3-1-13(2-4-14)11-20(21-26-18-10-5-15(24)12-19(18)27-21)28-22(30)25-16-6-8-17(29)9-7-16/h1-5,10,12,16-17,20,29H,6-9,11H2,(H,26,27)(H2,25,28,30)/t16-,17-,20-/m1/s1. The van der Waals surface area contributed by atoms with Crippen molar-refractivity contribution < 1.29 is 14.3 Å². The number of carbonyl (C=O) groups excluding carboxylic acids is 1. The molecule has 0 bridgehead atoms. The molecule has 0 saturated heterocycles. The Hall–Kier alpha value is -2.45. The van der Waals surface area contributed by atoms with Crippen LogP contribution in [0.4, 0.5) is 9.18 Å². The van der Waals surface area contributed by atoms with Gasteiger partial charge in [0.25, 0.3) is 0 Å². The van der Waals surface area contributed by atoms with E-state index in [1.807, 2.05) is 24.3 Å². The molecule has 2 amide bonds. The summed E-state index contributed by atoms with van der Waals surface area (Å²) in [6.07, 6.45) is 3.18. The van der Waals surface area contributed by atoms with Crippen molar-refractivity contribution in [1.29, 1.82) is 0 Å². The first-order valence-electron chi connectivity index (χ1n) is 10.1. The molecule has 3 aromatic rings. The summed E-state index contributed by atoms with van der Waals surface area (Å²) >= 11 is 3.43. The molecule has 0 spiro atoms. The SMILES string of the molecule is O=C(N[C@H](Cc1ccc(Br)cc1)c1nc2ccc(F)cc2[nH]1)N[C@H]1CC[C@H](O)CC1. The van der Waals surface area contributed by atoms with Crippen LogP contribution in [0.2, 0.25) is 0 Å². The molecule has 1 atom stereocenters. The number of halogens is 2. The van der Waals surface area contributed by atoms with Gasteiger partial charge >= 0.3 is 6.03 Å². The minimum atomic E-state index is -0.407. The van der Waals surface area contributed by atoms with Crippen molar-refractivity contribution in [2.45, 2.75) is 50.3 Å². The number of H-pyrrole nitrogens is 1. The fourth-order valence-electron chi connectivity index (χ4n) is 3.84. The highest BCUT2D eigenvalue weighted by atomic mass is 79.9. The first kappa shape index (κ1) is 20.8. The Balaban J connectivity index is 1.52. The van der Waals surface area contributed by atoms with Crippen molar-refractivity contribution in [3.63, 3.8) is 0 Å². The molecule has 1 saturated carbocycles. The highest BCUT2D eigenvalue weighted by Gasteiger charge is 2.24. The number of nitrogens with one attached hydrogen (secondary N) is 3. The molecule has 158 valence electrons. The van der Waals surface area contributed by atoms with E-state index < -0.39 is 6.04 Å². The molecule has 1 heterocycles. The number of fused-ring (bicyclic) bond motifs is 1. The van der Waals surface area contributed by atoms with E-state index in [4.69, 9.17) is 0 Å². The number of aromatic amines is 1. The summed E-state index contributed by atoms with van der Waals surface area (Å²) in [5.41, 5.74) is 2.28. The van der Waals surface area contributed by atoms with Gasteiger partial charge in [0.2, 0.25) is 0 Å². The Bertz CT molecular complexity index is 1020. The lowest BCUT2D eigenvalue weighted by molar-refractivity contribution is 0.117. The zero-order chi connectivity index (χ0) is 21.1. The minimum Gasteiger partial charge on any atom is -0.393 e. The summed E-state index contributed by atoms with van der Waals surface area (Å²) < 4.78 is 14.6. The highest BCUT2D eigenvalue weighted by Crippen LogP contribution is 2.22. The van der Waals surface area contributed by atoms with Crippen molar-refractivity contribution in [3.05, 3.63) is 64.1 Å². The largest absolute Gasteiger partial charge is 0.393 e. The molecule has 0 unspecified atom stereocenters. The predicted octanol–water partition coefficient (Wildman–Crippen LogP) is 4.35. The highest BCUT2D eigenvalue weighted by molar-refractivity contribution is 9.10. The summed E-state index contributed by atoms with van der Waals surface area (Å²) in [6, 6.07) is 11.6. The third kappa shape index (κ3) is 5.17. The molecule has 0 radical (unpaired) electrons. The summed E-state index contributed by atoms with van der Waals surface area (Å²) in [7, 11) is 0. The Morgan fingerprint density at radius 1 is 1.20 bits per heavy atom. The normalized spacial score (nSPS) is 20.1. The van der Waals surface area contributed by atoms with E-state index >= 15 is 0 Å². The molecule has 6 nitrogen and oxygen atoms in total. The smallest absolute Gasteiger partial charge is 0.315 e. The predicted molar refractivity (Wildman–Crippen MR) is 117 cm³/mol. The van der Waals surface area contributed by atoms with Gasteiger partial charge in [-0.15, -0.1) is 0 Å². The number of aromatic nitrogens is 2. The minimum absolute atomic E-state index is 0.0477. The third-order valence-corrected chi connectivity index (χ3v) is 6.01. The first-order valence-corrected chi connectivity index (χ1v) is 10.9. The lowest BCUT2D eigenvalue weighted by Crippen LogP contribution is -2.45. The van der Waals surface area contributed by atoms with Crippen molar-refractivity contribution >= 4 is 33.0 Å². The summed E-state index contributed by atoms with van der Waals surface area (Å²) in [6.45, 7) is 0. The maximum Gasteiger partial charge on any atom is 0.315 e. The van der Waals surface area contributed by atoms with Crippen molar-refractivity contribution in [2.24, 2.45) is 0 Å². The first-order chi connectivity index (χ1) is 14.5. The molecule has 4 rings (SSSR count). The molecule has 0 aliphatic heterocycles. The maximum atomic E-state index is 13.6. The molecule has 4 N–H and O–H groups in total. The molecule has 1 aliphatic carbocycles. The van der Waals surface area contributed by atoms with Gasteiger partial charge in [0.15, 0.2) is 0 Å². The van der Waals surface area contributed by atoms with Crippen LogP contribution in [0.5, 0.6) is 0 Å². The van der Waals surface area contributed by atoms with Crippen molar-refractivity contribution in [2.75, 3.05) is 0 Å². The monoisotopic (exact) mass is 474 g/mol. The molecule has 1 fully saturated rings. The Morgan fingerprint density at radius 3 is 2.67 bits per heavy atom. The second kappa shape index (κ2) is 9.14. The number of benzene rings is 2. The maximum absolute atomic E-state index is 13.6. The van der Waals surface area contributed by atoms with E-state index in [0.717, 1.165) is 22.9 Å². The molecular formula is C22H24BrFN4O2. The van der Waals surface area contributed by atoms with Crippen LogP contribution in [0, 0.1) is 5.82 Å². The zero-order valence-corrected chi connectivity index (χ0v) is 18.0. The third-order valence-electron chi connectivity index (χ3n) is 5.48. The van der Waals surface area contributed by atoms with E-state index in [1.165, 1.54) is 12.1 Å². The average molecular weight is 475 g/mol. The number of amides is 2. The number of nitrogens with zero attached hydrogens (tertiary/aromatic N) is 1. The van der Waals surface area contributed by atoms with Crippen molar-refractivity contribution in [3.8, 4) is 0 Å². The summed E-state index contributed by atoms with van der Waals surface area (Å²) in [4.78, 5) is 20.4. The van der Waals surface area contributed by atoms with Crippen LogP contribution in [-0.4, -0.2) is 33.3 Å². The van der Waals surface area contributed by atoms with Gasteiger partial charge in [0.05, 0.1) is 23.2 Å². The average Bonchev–Trinajstić information content (AvgIpc) is 3.14. The Kier molecular flexibility index (Phi) is 6.34. The number of hydrogen-bond acceptors (Lipinski definition) is 3. The topological polar surface area (TPSA) is 90.0 Å². The Labute approximate surface area is 182 Å². The lowest BCUT2D eigenvalue weighted by atomic mass is 9.93. The molecule has 1 aliphatic rings. The van der Waals surface area contributed by atoms with Crippen LogP contribution in [0.1, 0.15) is 43.1 Å². The van der Waals surface area contributed by atoms with Gasteiger partial charge in [-0.2, -0.15) is 0 Å². The fourth-order valence-corrected chi connectivity index (χ4v) is 4.11.